The fourth-order valence-corrected chi connectivity index (χ4v) is 4.74. The molecule has 3 rings (SSSR count). The Morgan fingerprint density at radius 1 is 1.16 bits per heavy atom. The Morgan fingerprint density at radius 3 is 2.76 bits per heavy atom. The number of nitrogens with zero attached hydrogens (tertiary/aromatic N) is 3. The minimum atomic E-state index is 0.705. The van der Waals surface area contributed by atoms with E-state index in [9.17, 15) is 0 Å². The molecule has 3 aromatic rings. The standard InChI is InChI=1S/C16H18N4O2S3/c1-4-17-15-19-20-16(25-15)24-9-11-8-23-14(18-11)10-5-6-12(21-2)13(7-10)22-3/h5-8H,4,9H2,1-3H3,(H,17,19). The van der Waals surface area contributed by atoms with Crippen molar-refractivity contribution < 1.29 is 9.47 Å². The van der Waals surface area contributed by atoms with Crippen LogP contribution in [-0.4, -0.2) is 35.9 Å². The first-order chi connectivity index (χ1) is 12.2. The van der Waals surface area contributed by atoms with E-state index in [2.05, 4.69) is 20.9 Å². The van der Waals surface area contributed by atoms with E-state index in [4.69, 9.17) is 14.5 Å². The topological polar surface area (TPSA) is 69.2 Å². The zero-order chi connectivity index (χ0) is 17.6. The van der Waals surface area contributed by atoms with Crippen molar-refractivity contribution in [3.63, 3.8) is 0 Å². The Labute approximate surface area is 158 Å². The van der Waals surface area contributed by atoms with Crippen molar-refractivity contribution >= 4 is 39.6 Å². The van der Waals surface area contributed by atoms with Gasteiger partial charge in [-0.2, -0.15) is 0 Å². The summed E-state index contributed by atoms with van der Waals surface area (Å²) < 4.78 is 11.6. The number of anilines is 1. The third-order valence-corrected chi connectivity index (χ3v) is 6.25. The molecule has 1 aromatic carbocycles. The summed E-state index contributed by atoms with van der Waals surface area (Å²) in [4.78, 5) is 4.71. The highest BCUT2D eigenvalue weighted by molar-refractivity contribution is 8.00. The molecule has 9 heteroatoms. The maximum Gasteiger partial charge on any atom is 0.206 e. The summed E-state index contributed by atoms with van der Waals surface area (Å²) in [5.41, 5.74) is 2.05. The Balaban J connectivity index is 1.67. The minimum Gasteiger partial charge on any atom is -0.493 e. The SMILES string of the molecule is CCNc1nnc(SCc2csc(-c3ccc(OC)c(OC)c3)n2)s1. The Kier molecular flexibility index (Phi) is 6.11. The molecule has 1 N–H and O–H groups in total. The van der Waals surface area contributed by atoms with Crippen LogP contribution < -0.4 is 14.8 Å². The van der Waals surface area contributed by atoms with Crippen molar-refractivity contribution in [2.75, 3.05) is 26.1 Å². The first kappa shape index (κ1) is 18.0. The lowest BCUT2D eigenvalue weighted by atomic mass is 10.2. The molecule has 2 heterocycles. The molecule has 0 bridgehead atoms. The number of hydrogen-bond acceptors (Lipinski definition) is 9. The Morgan fingerprint density at radius 2 is 2.00 bits per heavy atom. The van der Waals surface area contributed by atoms with Crippen LogP contribution in [0.4, 0.5) is 5.13 Å². The molecule has 0 atom stereocenters. The second kappa shape index (κ2) is 8.50. The summed E-state index contributed by atoms with van der Waals surface area (Å²) >= 11 is 4.83. The third kappa shape index (κ3) is 4.42. The number of aromatic nitrogens is 3. The maximum atomic E-state index is 5.36. The smallest absolute Gasteiger partial charge is 0.206 e. The summed E-state index contributed by atoms with van der Waals surface area (Å²) in [7, 11) is 3.26. The fourth-order valence-electron chi connectivity index (χ4n) is 2.10. The highest BCUT2D eigenvalue weighted by Gasteiger charge is 2.11. The molecule has 0 amide bonds. The second-order valence-electron chi connectivity index (χ2n) is 4.91. The minimum absolute atomic E-state index is 0.705. The number of benzene rings is 1. The Hall–Kier alpha value is -1.84. The van der Waals surface area contributed by atoms with Gasteiger partial charge in [-0.25, -0.2) is 4.98 Å². The van der Waals surface area contributed by atoms with Crippen LogP contribution in [0, 0.1) is 0 Å². The molecule has 0 aliphatic carbocycles. The molecule has 0 saturated carbocycles. The molecule has 0 unspecified atom stereocenters. The van der Waals surface area contributed by atoms with Crippen LogP contribution in [0.15, 0.2) is 27.9 Å². The van der Waals surface area contributed by atoms with Crippen molar-refractivity contribution in [2.45, 2.75) is 17.0 Å². The number of nitrogens with one attached hydrogen (secondary N) is 1. The Bertz CT molecular complexity index is 834. The van der Waals surface area contributed by atoms with Gasteiger partial charge in [-0.15, -0.1) is 21.5 Å². The zero-order valence-corrected chi connectivity index (χ0v) is 16.6. The molecule has 0 radical (unpaired) electrons. The van der Waals surface area contributed by atoms with Gasteiger partial charge in [-0.05, 0) is 25.1 Å². The van der Waals surface area contributed by atoms with Gasteiger partial charge in [0.15, 0.2) is 15.8 Å². The van der Waals surface area contributed by atoms with E-state index in [1.807, 2.05) is 25.1 Å². The lowest BCUT2D eigenvalue weighted by Gasteiger charge is -2.08. The van der Waals surface area contributed by atoms with Gasteiger partial charge in [0, 0.05) is 23.2 Å². The van der Waals surface area contributed by atoms with Gasteiger partial charge in [0.05, 0.1) is 19.9 Å². The van der Waals surface area contributed by atoms with Gasteiger partial charge in [0.1, 0.15) is 5.01 Å². The largest absolute Gasteiger partial charge is 0.493 e. The zero-order valence-electron chi connectivity index (χ0n) is 14.1. The molecule has 0 fully saturated rings. The van der Waals surface area contributed by atoms with Gasteiger partial charge >= 0.3 is 0 Å². The summed E-state index contributed by atoms with van der Waals surface area (Å²) in [6.45, 7) is 2.89. The van der Waals surface area contributed by atoms with E-state index in [0.29, 0.717) is 11.5 Å². The number of thioether (sulfide) groups is 1. The van der Waals surface area contributed by atoms with Crippen LogP contribution in [0.25, 0.3) is 10.6 Å². The van der Waals surface area contributed by atoms with Gasteiger partial charge in [-0.3, -0.25) is 0 Å². The van der Waals surface area contributed by atoms with E-state index in [0.717, 1.165) is 38.0 Å². The quantitative estimate of drug-likeness (QED) is 0.568. The maximum absolute atomic E-state index is 5.36. The van der Waals surface area contributed by atoms with Gasteiger partial charge in [0.25, 0.3) is 0 Å². The molecule has 25 heavy (non-hydrogen) atoms. The van der Waals surface area contributed by atoms with Crippen molar-refractivity contribution in [3.8, 4) is 22.1 Å². The van der Waals surface area contributed by atoms with E-state index < -0.39 is 0 Å². The summed E-state index contributed by atoms with van der Waals surface area (Å²) in [5, 5.41) is 15.3. The lowest BCUT2D eigenvalue weighted by molar-refractivity contribution is 0.355. The lowest BCUT2D eigenvalue weighted by Crippen LogP contribution is -1.94. The first-order valence-corrected chi connectivity index (χ1v) is 10.3. The van der Waals surface area contributed by atoms with E-state index >= 15 is 0 Å². The van der Waals surface area contributed by atoms with Gasteiger partial charge in [0.2, 0.25) is 5.13 Å². The molecule has 0 aliphatic rings. The van der Waals surface area contributed by atoms with Crippen molar-refractivity contribution in [1.29, 1.82) is 0 Å². The van der Waals surface area contributed by atoms with Crippen molar-refractivity contribution in [1.82, 2.24) is 15.2 Å². The molecule has 0 saturated heterocycles. The van der Waals surface area contributed by atoms with E-state index in [1.165, 1.54) is 0 Å². The average Bonchev–Trinajstić information content (AvgIpc) is 3.29. The molecule has 2 aromatic heterocycles. The normalized spacial score (nSPS) is 10.7. The summed E-state index contributed by atoms with van der Waals surface area (Å²) in [6, 6.07) is 5.83. The number of rotatable bonds is 8. The monoisotopic (exact) mass is 394 g/mol. The highest BCUT2D eigenvalue weighted by atomic mass is 32.2. The van der Waals surface area contributed by atoms with Crippen LogP contribution in [0.3, 0.4) is 0 Å². The van der Waals surface area contributed by atoms with E-state index in [-0.39, 0.29) is 0 Å². The van der Waals surface area contributed by atoms with Crippen LogP contribution in [0.5, 0.6) is 11.5 Å². The van der Waals surface area contributed by atoms with Gasteiger partial charge < -0.3 is 14.8 Å². The van der Waals surface area contributed by atoms with Crippen molar-refractivity contribution in [3.05, 3.63) is 29.3 Å². The average molecular weight is 395 g/mol. The first-order valence-electron chi connectivity index (χ1n) is 7.60. The molecular weight excluding hydrogens is 376 g/mol. The van der Waals surface area contributed by atoms with Crippen molar-refractivity contribution in [2.24, 2.45) is 0 Å². The van der Waals surface area contributed by atoms with E-state index in [1.54, 1.807) is 48.7 Å². The third-order valence-electron chi connectivity index (χ3n) is 3.26. The van der Waals surface area contributed by atoms with Crippen LogP contribution in [-0.2, 0) is 5.75 Å². The molecule has 0 aliphatic heterocycles. The summed E-state index contributed by atoms with van der Waals surface area (Å²) in [5.74, 6) is 2.19. The number of thiazole rings is 1. The predicted octanol–water partition coefficient (Wildman–Crippen LogP) is 4.40. The molecule has 6 nitrogen and oxygen atoms in total. The molecule has 0 spiro atoms. The molecule has 132 valence electrons. The summed E-state index contributed by atoms with van der Waals surface area (Å²) in [6.07, 6.45) is 0. The number of hydrogen-bond donors (Lipinski definition) is 1. The molecular formula is C16H18N4O2S3. The fraction of sp³-hybridized carbons (Fsp3) is 0.312. The van der Waals surface area contributed by atoms with Crippen LogP contribution >= 0.6 is 34.4 Å². The highest BCUT2D eigenvalue weighted by Crippen LogP contribution is 2.34. The second-order valence-corrected chi connectivity index (χ2v) is 7.96. The predicted molar refractivity (Wildman–Crippen MR) is 104 cm³/mol. The number of ether oxygens (including phenoxy) is 2. The van der Waals surface area contributed by atoms with Gasteiger partial charge in [-0.1, -0.05) is 23.1 Å². The number of methoxy groups -OCH3 is 2. The van der Waals surface area contributed by atoms with Crippen LogP contribution in [0.2, 0.25) is 0 Å². The van der Waals surface area contributed by atoms with Crippen LogP contribution in [0.1, 0.15) is 12.6 Å².